The highest BCUT2D eigenvalue weighted by Crippen LogP contribution is 2.18. The van der Waals surface area contributed by atoms with E-state index in [1.54, 1.807) is 6.92 Å². The minimum atomic E-state index is -0.642. The van der Waals surface area contributed by atoms with E-state index in [0.29, 0.717) is 9.26 Å². The number of esters is 1. The SMILES string of the molecule is Cc1c(I)c(C(=O)OCc2ccccc2)nn1C(=O)OCc1ccccc1. The number of hydrogen-bond acceptors (Lipinski definition) is 5. The number of carbonyl (C=O) groups excluding carboxylic acids is 2. The van der Waals surface area contributed by atoms with Gasteiger partial charge in [-0.3, -0.25) is 0 Å². The van der Waals surface area contributed by atoms with Gasteiger partial charge in [0.15, 0.2) is 5.69 Å². The average Bonchev–Trinajstić information content (AvgIpc) is 3.01. The van der Waals surface area contributed by atoms with Gasteiger partial charge in [-0.25, -0.2) is 9.59 Å². The third-order valence-corrected chi connectivity index (χ3v) is 5.12. The molecule has 0 spiro atoms. The van der Waals surface area contributed by atoms with E-state index < -0.39 is 12.1 Å². The number of halogens is 1. The molecule has 7 heteroatoms. The lowest BCUT2D eigenvalue weighted by Crippen LogP contribution is -2.17. The Morgan fingerprint density at radius 3 is 2.00 bits per heavy atom. The largest absolute Gasteiger partial charge is 0.456 e. The predicted octanol–water partition coefficient (Wildman–Crippen LogP) is 4.34. The molecule has 3 aromatic rings. The number of nitrogens with zero attached hydrogens (tertiary/aromatic N) is 2. The maximum Gasteiger partial charge on any atom is 0.435 e. The number of hydrogen-bond donors (Lipinski definition) is 0. The molecule has 0 saturated carbocycles. The van der Waals surface area contributed by atoms with E-state index in [1.807, 2.05) is 83.3 Å². The van der Waals surface area contributed by atoms with Crippen molar-refractivity contribution in [2.24, 2.45) is 0 Å². The lowest BCUT2D eigenvalue weighted by Gasteiger charge is -2.05. The summed E-state index contributed by atoms with van der Waals surface area (Å²) >= 11 is 1.98. The third kappa shape index (κ3) is 4.73. The minimum Gasteiger partial charge on any atom is -0.456 e. The molecule has 0 fully saturated rings. The fraction of sp³-hybridized carbons (Fsp3) is 0.150. The second-order valence-electron chi connectivity index (χ2n) is 5.76. The van der Waals surface area contributed by atoms with Crippen LogP contribution in [0.3, 0.4) is 0 Å². The quantitative estimate of drug-likeness (QED) is 0.405. The minimum absolute atomic E-state index is 0.0979. The van der Waals surface area contributed by atoms with E-state index in [2.05, 4.69) is 5.10 Å². The van der Waals surface area contributed by atoms with Gasteiger partial charge in [0.05, 0.1) is 9.26 Å². The summed E-state index contributed by atoms with van der Waals surface area (Å²) in [5, 5.41) is 4.09. The number of benzene rings is 2. The summed E-state index contributed by atoms with van der Waals surface area (Å²) in [6.45, 7) is 1.97. The first kappa shape index (κ1) is 19.1. The van der Waals surface area contributed by atoms with Crippen LogP contribution in [0.4, 0.5) is 4.79 Å². The second kappa shape index (κ2) is 8.81. The molecule has 0 aliphatic carbocycles. The van der Waals surface area contributed by atoms with Gasteiger partial charge in [0.25, 0.3) is 0 Å². The van der Waals surface area contributed by atoms with Gasteiger partial charge >= 0.3 is 12.1 Å². The van der Waals surface area contributed by atoms with Crippen molar-refractivity contribution in [3.63, 3.8) is 0 Å². The Kier molecular flexibility index (Phi) is 6.23. The van der Waals surface area contributed by atoms with Crippen molar-refractivity contribution in [2.45, 2.75) is 20.1 Å². The summed E-state index contributed by atoms with van der Waals surface area (Å²) in [7, 11) is 0. The van der Waals surface area contributed by atoms with Gasteiger partial charge < -0.3 is 9.47 Å². The Morgan fingerprint density at radius 1 is 0.926 bits per heavy atom. The first-order chi connectivity index (χ1) is 13.1. The Hall–Kier alpha value is -2.68. The van der Waals surface area contributed by atoms with Crippen LogP contribution in [-0.4, -0.2) is 21.8 Å². The van der Waals surface area contributed by atoms with Crippen LogP contribution in [0.2, 0.25) is 0 Å². The zero-order valence-electron chi connectivity index (χ0n) is 14.6. The Morgan fingerprint density at radius 2 is 1.44 bits per heavy atom. The van der Waals surface area contributed by atoms with Crippen molar-refractivity contribution in [3.8, 4) is 0 Å². The first-order valence-corrected chi connectivity index (χ1v) is 9.31. The van der Waals surface area contributed by atoms with Gasteiger partial charge in [-0.15, -0.1) is 0 Å². The van der Waals surface area contributed by atoms with Crippen LogP contribution >= 0.6 is 22.6 Å². The fourth-order valence-electron chi connectivity index (χ4n) is 2.36. The van der Waals surface area contributed by atoms with Crippen LogP contribution in [-0.2, 0) is 22.7 Å². The van der Waals surface area contributed by atoms with Crippen LogP contribution in [0, 0.1) is 10.5 Å². The number of aromatic nitrogens is 2. The summed E-state index contributed by atoms with van der Waals surface area (Å²) in [5.74, 6) is -0.582. The molecule has 6 nitrogen and oxygen atoms in total. The molecule has 0 aliphatic heterocycles. The van der Waals surface area contributed by atoms with Crippen molar-refractivity contribution in [1.82, 2.24) is 9.78 Å². The summed E-state index contributed by atoms with van der Waals surface area (Å²) < 4.78 is 12.2. The topological polar surface area (TPSA) is 70.4 Å². The van der Waals surface area contributed by atoms with Gasteiger partial charge in [-0.2, -0.15) is 9.78 Å². The maximum absolute atomic E-state index is 12.4. The fourth-order valence-corrected chi connectivity index (χ4v) is 2.92. The highest BCUT2D eigenvalue weighted by molar-refractivity contribution is 14.1. The summed E-state index contributed by atoms with van der Waals surface area (Å²) in [4.78, 5) is 24.7. The molecular weight excluding hydrogens is 459 g/mol. The van der Waals surface area contributed by atoms with Gasteiger partial charge in [-0.05, 0) is 40.6 Å². The van der Waals surface area contributed by atoms with E-state index >= 15 is 0 Å². The number of ether oxygens (including phenoxy) is 2. The van der Waals surface area contributed by atoms with Crippen LogP contribution in [0.1, 0.15) is 27.3 Å². The monoisotopic (exact) mass is 476 g/mol. The molecule has 0 aliphatic rings. The van der Waals surface area contributed by atoms with Crippen molar-refractivity contribution >= 4 is 34.7 Å². The summed E-state index contributed by atoms with van der Waals surface area (Å²) in [6, 6.07) is 18.7. The molecule has 27 heavy (non-hydrogen) atoms. The van der Waals surface area contributed by atoms with E-state index in [4.69, 9.17) is 9.47 Å². The normalized spacial score (nSPS) is 10.4. The maximum atomic E-state index is 12.4. The smallest absolute Gasteiger partial charge is 0.435 e. The molecule has 0 bridgehead atoms. The molecule has 138 valence electrons. The molecule has 1 heterocycles. The molecule has 0 unspecified atom stereocenters. The molecule has 2 aromatic carbocycles. The third-order valence-electron chi connectivity index (χ3n) is 3.83. The van der Waals surface area contributed by atoms with Crippen molar-refractivity contribution in [3.05, 3.63) is 86.7 Å². The number of rotatable bonds is 5. The summed E-state index contributed by atoms with van der Waals surface area (Å²) in [5.41, 5.74) is 2.37. The zero-order valence-corrected chi connectivity index (χ0v) is 16.8. The number of carbonyl (C=O) groups is 2. The molecular formula is C20H17IN2O4. The standard InChI is InChI=1S/C20H17IN2O4/c1-14-17(21)18(19(24)26-12-15-8-4-2-5-9-15)22-23(14)20(25)27-13-16-10-6-3-7-11-16/h2-11H,12-13H2,1H3. The molecule has 0 amide bonds. The second-order valence-corrected chi connectivity index (χ2v) is 6.84. The Bertz CT molecular complexity index is 863. The van der Waals surface area contributed by atoms with Crippen LogP contribution in [0.15, 0.2) is 60.7 Å². The predicted molar refractivity (Wildman–Crippen MR) is 107 cm³/mol. The van der Waals surface area contributed by atoms with Gasteiger partial charge in [0, 0.05) is 0 Å². The molecule has 1 aromatic heterocycles. The van der Waals surface area contributed by atoms with Gasteiger partial charge in [-0.1, -0.05) is 60.7 Å². The Balaban J connectivity index is 1.67. The lowest BCUT2D eigenvalue weighted by atomic mass is 10.2. The van der Waals surface area contributed by atoms with E-state index in [1.165, 1.54) is 0 Å². The van der Waals surface area contributed by atoms with Crippen LogP contribution in [0.25, 0.3) is 0 Å². The van der Waals surface area contributed by atoms with Crippen LogP contribution in [0.5, 0.6) is 0 Å². The molecule has 3 rings (SSSR count). The molecule has 0 radical (unpaired) electrons. The van der Waals surface area contributed by atoms with E-state index in [-0.39, 0.29) is 18.9 Å². The van der Waals surface area contributed by atoms with Crippen molar-refractivity contribution < 1.29 is 19.1 Å². The zero-order chi connectivity index (χ0) is 19.2. The Labute approximate surface area is 170 Å². The highest BCUT2D eigenvalue weighted by atomic mass is 127. The highest BCUT2D eigenvalue weighted by Gasteiger charge is 2.24. The van der Waals surface area contributed by atoms with Gasteiger partial charge in [0.1, 0.15) is 13.2 Å². The van der Waals surface area contributed by atoms with E-state index in [9.17, 15) is 9.59 Å². The first-order valence-electron chi connectivity index (χ1n) is 8.23. The van der Waals surface area contributed by atoms with E-state index in [0.717, 1.165) is 15.8 Å². The van der Waals surface area contributed by atoms with Crippen molar-refractivity contribution in [1.29, 1.82) is 0 Å². The van der Waals surface area contributed by atoms with Crippen LogP contribution < -0.4 is 0 Å². The molecule has 0 N–H and O–H groups in total. The van der Waals surface area contributed by atoms with Gasteiger partial charge in [0.2, 0.25) is 0 Å². The van der Waals surface area contributed by atoms with Crippen molar-refractivity contribution in [2.75, 3.05) is 0 Å². The molecule has 0 saturated heterocycles. The summed E-state index contributed by atoms with van der Waals surface area (Å²) in [6.07, 6.45) is -0.642. The molecule has 0 atom stereocenters. The average molecular weight is 476 g/mol. The lowest BCUT2D eigenvalue weighted by molar-refractivity contribution is 0.0463.